The van der Waals surface area contributed by atoms with Gasteiger partial charge >= 0.3 is 0 Å². The second kappa shape index (κ2) is 6.60. The zero-order valence-corrected chi connectivity index (χ0v) is 14.1. The van der Waals surface area contributed by atoms with Gasteiger partial charge in [0.15, 0.2) is 0 Å². The van der Waals surface area contributed by atoms with Crippen molar-refractivity contribution in [3.63, 3.8) is 0 Å². The van der Waals surface area contributed by atoms with E-state index in [4.69, 9.17) is 0 Å². The monoisotopic (exact) mass is 318 g/mol. The van der Waals surface area contributed by atoms with Crippen molar-refractivity contribution in [2.24, 2.45) is 5.41 Å². The van der Waals surface area contributed by atoms with E-state index in [0.29, 0.717) is 6.04 Å². The molecule has 1 aromatic rings. The Balaban J connectivity index is 1.75. The summed E-state index contributed by atoms with van der Waals surface area (Å²) in [7, 11) is 0. The van der Waals surface area contributed by atoms with E-state index < -0.39 is 0 Å². The van der Waals surface area contributed by atoms with E-state index in [-0.39, 0.29) is 29.2 Å². The minimum Gasteiger partial charge on any atom is -0.353 e. The van der Waals surface area contributed by atoms with Gasteiger partial charge in [0.1, 0.15) is 5.82 Å². The Morgan fingerprint density at radius 3 is 2.61 bits per heavy atom. The quantitative estimate of drug-likeness (QED) is 0.839. The molecule has 1 saturated carbocycles. The number of carbonyl (C=O) groups excluding carboxylic acids is 1. The minimum atomic E-state index is -0.356. The van der Waals surface area contributed by atoms with E-state index in [1.807, 2.05) is 6.07 Å². The molecule has 2 aliphatic rings. The van der Waals surface area contributed by atoms with Crippen molar-refractivity contribution in [3.05, 3.63) is 35.6 Å². The predicted octanol–water partition coefficient (Wildman–Crippen LogP) is 3.70. The second-order valence-electron chi connectivity index (χ2n) is 7.02. The minimum absolute atomic E-state index is 0.141. The van der Waals surface area contributed by atoms with Crippen LogP contribution in [0.15, 0.2) is 24.3 Å². The van der Waals surface area contributed by atoms with E-state index in [1.165, 1.54) is 6.07 Å². The molecular formula is C19H27FN2O. The number of hydrogen-bond donors (Lipinski definition) is 2. The number of carbonyl (C=O) groups is 1. The smallest absolute Gasteiger partial charge is 0.227 e. The van der Waals surface area contributed by atoms with Crippen LogP contribution in [0.4, 0.5) is 4.39 Å². The van der Waals surface area contributed by atoms with E-state index in [2.05, 4.69) is 24.5 Å². The first-order valence-electron chi connectivity index (χ1n) is 8.91. The lowest BCUT2D eigenvalue weighted by Gasteiger charge is -2.37. The van der Waals surface area contributed by atoms with Crippen molar-refractivity contribution in [2.45, 2.75) is 70.5 Å². The van der Waals surface area contributed by atoms with Crippen LogP contribution in [-0.4, -0.2) is 18.0 Å². The normalized spacial score (nSPS) is 24.7. The molecule has 0 spiro atoms. The molecule has 3 rings (SSSR count). The SMILES string of the molecule is CCC(CC)(C(=O)NC1CC1)[C@H]1CC[C@@H](c2cccc(F)c2)N1. The summed E-state index contributed by atoms with van der Waals surface area (Å²) in [4.78, 5) is 12.9. The summed E-state index contributed by atoms with van der Waals surface area (Å²) in [5.74, 6) is -0.00105. The maximum absolute atomic E-state index is 13.5. The van der Waals surface area contributed by atoms with Crippen LogP contribution < -0.4 is 10.6 Å². The Hall–Kier alpha value is -1.42. The Labute approximate surface area is 138 Å². The fourth-order valence-corrected chi connectivity index (χ4v) is 3.94. The molecule has 0 bridgehead atoms. The van der Waals surface area contributed by atoms with Gasteiger partial charge in [-0.2, -0.15) is 0 Å². The van der Waals surface area contributed by atoms with Crippen molar-refractivity contribution in [3.8, 4) is 0 Å². The summed E-state index contributed by atoms with van der Waals surface area (Å²) in [6.07, 6.45) is 5.79. The van der Waals surface area contributed by atoms with E-state index in [0.717, 1.165) is 44.1 Å². The summed E-state index contributed by atoms with van der Waals surface area (Å²) in [5, 5.41) is 6.82. The molecule has 1 amide bonds. The first kappa shape index (κ1) is 16.4. The van der Waals surface area contributed by atoms with Gasteiger partial charge in [-0.3, -0.25) is 4.79 Å². The zero-order chi connectivity index (χ0) is 16.4. The lowest BCUT2D eigenvalue weighted by Crippen LogP contribution is -2.52. The zero-order valence-electron chi connectivity index (χ0n) is 14.1. The van der Waals surface area contributed by atoms with E-state index >= 15 is 0 Å². The van der Waals surface area contributed by atoms with Gasteiger partial charge in [-0.25, -0.2) is 4.39 Å². The molecule has 1 aliphatic heterocycles. The van der Waals surface area contributed by atoms with Crippen molar-refractivity contribution >= 4 is 5.91 Å². The molecule has 1 saturated heterocycles. The summed E-state index contributed by atoms with van der Waals surface area (Å²) in [5.41, 5.74) is 0.626. The number of nitrogens with one attached hydrogen (secondary N) is 2. The first-order chi connectivity index (χ1) is 11.1. The Bertz CT molecular complexity index is 566. The molecule has 0 radical (unpaired) electrons. The molecule has 1 heterocycles. The summed E-state index contributed by atoms with van der Waals surface area (Å²) >= 11 is 0. The van der Waals surface area contributed by atoms with Crippen molar-refractivity contribution in [1.29, 1.82) is 0 Å². The van der Waals surface area contributed by atoms with E-state index in [1.54, 1.807) is 12.1 Å². The van der Waals surface area contributed by atoms with Gasteiger partial charge in [0, 0.05) is 18.1 Å². The highest BCUT2D eigenvalue weighted by Crippen LogP contribution is 2.40. The van der Waals surface area contributed by atoms with Crippen molar-refractivity contribution in [2.75, 3.05) is 0 Å². The van der Waals surface area contributed by atoms with Crippen LogP contribution in [0.1, 0.15) is 64.0 Å². The van der Waals surface area contributed by atoms with Crippen LogP contribution in [0.2, 0.25) is 0 Å². The lowest BCUT2D eigenvalue weighted by molar-refractivity contribution is -0.133. The Morgan fingerprint density at radius 2 is 2.00 bits per heavy atom. The van der Waals surface area contributed by atoms with Gasteiger partial charge in [0.2, 0.25) is 5.91 Å². The molecule has 126 valence electrons. The van der Waals surface area contributed by atoms with Crippen molar-refractivity contribution < 1.29 is 9.18 Å². The van der Waals surface area contributed by atoms with Gasteiger partial charge in [-0.05, 0) is 56.2 Å². The molecule has 1 aliphatic carbocycles. The lowest BCUT2D eigenvalue weighted by atomic mass is 9.74. The molecule has 4 heteroatoms. The molecule has 23 heavy (non-hydrogen) atoms. The Morgan fingerprint density at radius 1 is 1.26 bits per heavy atom. The van der Waals surface area contributed by atoms with Gasteiger partial charge in [-0.15, -0.1) is 0 Å². The number of halogens is 1. The second-order valence-corrected chi connectivity index (χ2v) is 7.02. The fraction of sp³-hybridized carbons (Fsp3) is 0.632. The molecule has 2 fully saturated rings. The highest BCUT2D eigenvalue weighted by atomic mass is 19.1. The average molecular weight is 318 g/mol. The number of rotatable bonds is 6. The largest absolute Gasteiger partial charge is 0.353 e. The summed E-state index contributed by atoms with van der Waals surface area (Å²) in [6.45, 7) is 4.21. The first-order valence-corrected chi connectivity index (χ1v) is 8.91. The maximum atomic E-state index is 13.5. The molecule has 3 nitrogen and oxygen atoms in total. The highest BCUT2D eigenvalue weighted by molar-refractivity contribution is 5.84. The summed E-state index contributed by atoms with van der Waals surface area (Å²) in [6, 6.07) is 7.48. The van der Waals surface area contributed by atoms with Crippen LogP contribution in [0, 0.1) is 11.2 Å². The molecule has 0 aromatic heterocycles. The average Bonchev–Trinajstić information content (AvgIpc) is 3.22. The number of benzene rings is 1. The van der Waals surface area contributed by atoms with Crippen molar-refractivity contribution in [1.82, 2.24) is 10.6 Å². The van der Waals surface area contributed by atoms with Gasteiger partial charge in [-0.1, -0.05) is 26.0 Å². The van der Waals surface area contributed by atoms with Crippen LogP contribution in [0.3, 0.4) is 0 Å². The number of hydrogen-bond acceptors (Lipinski definition) is 2. The van der Waals surface area contributed by atoms with Crippen LogP contribution in [-0.2, 0) is 4.79 Å². The molecule has 2 N–H and O–H groups in total. The standard InChI is InChI=1S/C19H27FN2O/c1-3-19(4-2,18(23)21-15-8-9-15)17-11-10-16(22-17)13-6-5-7-14(20)12-13/h5-7,12,15-17,22H,3-4,8-11H2,1-2H3,(H,21,23)/t16-,17+/m0/s1. The predicted molar refractivity (Wildman–Crippen MR) is 89.5 cm³/mol. The number of amides is 1. The third-order valence-electron chi connectivity index (χ3n) is 5.69. The third kappa shape index (κ3) is 3.27. The van der Waals surface area contributed by atoms with Crippen LogP contribution in [0.25, 0.3) is 0 Å². The van der Waals surface area contributed by atoms with Crippen LogP contribution >= 0.6 is 0 Å². The topological polar surface area (TPSA) is 41.1 Å². The van der Waals surface area contributed by atoms with Gasteiger partial charge in [0.05, 0.1) is 5.41 Å². The molecule has 1 aromatic carbocycles. The molecular weight excluding hydrogens is 291 g/mol. The van der Waals surface area contributed by atoms with Crippen LogP contribution in [0.5, 0.6) is 0 Å². The van der Waals surface area contributed by atoms with Gasteiger partial charge in [0.25, 0.3) is 0 Å². The third-order valence-corrected chi connectivity index (χ3v) is 5.69. The Kier molecular flexibility index (Phi) is 4.72. The molecule has 2 atom stereocenters. The molecule has 0 unspecified atom stereocenters. The van der Waals surface area contributed by atoms with Gasteiger partial charge < -0.3 is 10.6 Å². The summed E-state index contributed by atoms with van der Waals surface area (Å²) < 4.78 is 13.5. The highest BCUT2D eigenvalue weighted by Gasteiger charge is 2.46. The van der Waals surface area contributed by atoms with E-state index in [9.17, 15) is 9.18 Å². The fourth-order valence-electron chi connectivity index (χ4n) is 3.94. The maximum Gasteiger partial charge on any atom is 0.227 e.